The third-order valence-corrected chi connectivity index (χ3v) is 3.10. The molecule has 1 aromatic heterocycles. The lowest BCUT2D eigenvalue weighted by atomic mass is 10.2. The number of aryl methyl sites for hydroxylation is 1. The van der Waals surface area contributed by atoms with Crippen LogP contribution in [0.25, 0.3) is 0 Å². The van der Waals surface area contributed by atoms with E-state index in [0.29, 0.717) is 10.7 Å². The van der Waals surface area contributed by atoms with Crippen LogP contribution in [0, 0.1) is 6.92 Å². The molecule has 0 fully saturated rings. The molecule has 0 aliphatic carbocycles. The molecule has 3 N–H and O–H groups in total. The maximum absolute atomic E-state index is 11.6. The zero-order chi connectivity index (χ0) is 12.5. The predicted octanol–water partition coefficient (Wildman–Crippen LogP) is 0.460. The quantitative estimate of drug-likeness (QED) is 0.803. The minimum Gasteiger partial charge on any atom is -0.478 e. The highest BCUT2D eigenvalue weighted by molar-refractivity contribution is 7.11. The van der Waals surface area contributed by atoms with Gasteiger partial charge in [-0.15, -0.1) is 0 Å². The van der Waals surface area contributed by atoms with Crippen LogP contribution < -0.4 is 10.6 Å². The topological polar surface area (TPSA) is 96.5 Å². The van der Waals surface area contributed by atoms with Crippen molar-refractivity contribution in [3.05, 3.63) is 11.3 Å². The van der Waals surface area contributed by atoms with Gasteiger partial charge in [0.2, 0.25) is 5.91 Å². The summed E-state index contributed by atoms with van der Waals surface area (Å²) in [5.74, 6) is -1.43. The van der Waals surface area contributed by atoms with Crippen molar-refractivity contribution in [2.45, 2.75) is 19.9 Å². The van der Waals surface area contributed by atoms with Gasteiger partial charge in [-0.2, -0.15) is 4.37 Å². The Morgan fingerprint density at radius 1 is 1.56 bits per heavy atom. The number of anilines is 1. The highest BCUT2D eigenvalue weighted by Gasteiger charge is 2.25. The molecular formula is C9H13N3O3S. The number of nitrogens with two attached hydrogens (primary N) is 1. The Morgan fingerprint density at radius 2 is 2.12 bits per heavy atom. The Bertz CT molecular complexity index is 428. The van der Waals surface area contributed by atoms with E-state index in [2.05, 4.69) is 4.37 Å². The monoisotopic (exact) mass is 243 g/mol. The van der Waals surface area contributed by atoms with Crippen molar-refractivity contribution in [3.63, 3.8) is 0 Å². The molecule has 6 nitrogen and oxygen atoms in total. The van der Waals surface area contributed by atoms with Gasteiger partial charge in [-0.05, 0) is 25.4 Å². The van der Waals surface area contributed by atoms with Crippen molar-refractivity contribution in [1.29, 1.82) is 0 Å². The van der Waals surface area contributed by atoms with E-state index in [-0.39, 0.29) is 11.5 Å². The van der Waals surface area contributed by atoms with Gasteiger partial charge in [-0.3, -0.25) is 4.79 Å². The molecule has 0 aliphatic rings. The third kappa shape index (κ3) is 2.20. The largest absolute Gasteiger partial charge is 0.478 e. The molecule has 1 heterocycles. The maximum Gasteiger partial charge on any atom is 0.340 e. The average molecular weight is 243 g/mol. The van der Waals surface area contributed by atoms with Gasteiger partial charge < -0.3 is 15.7 Å². The first-order valence-corrected chi connectivity index (χ1v) is 5.36. The first-order valence-electron chi connectivity index (χ1n) is 4.59. The molecule has 0 aliphatic heterocycles. The highest BCUT2D eigenvalue weighted by atomic mass is 32.1. The Kier molecular flexibility index (Phi) is 3.61. The van der Waals surface area contributed by atoms with Crippen LogP contribution in [-0.4, -0.2) is 34.4 Å². The summed E-state index contributed by atoms with van der Waals surface area (Å²) in [5, 5.41) is 9.31. The molecule has 1 atom stereocenters. The first kappa shape index (κ1) is 12.6. The Hall–Kier alpha value is -1.47. The molecule has 0 unspecified atom stereocenters. The first-order chi connectivity index (χ1) is 7.36. The summed E-state index contributed by atoms with van der Waals surface area (Å²) in [6.07, 6.45) is 0. The molecule has 0 aromatic carbocycles. The van der Waals surface area contributed by atoms with Gasteiger partial charge in [0.1, 0.15) is 10.6 Å². The maximum atomic E-state index is 11.6. The smallest absolute Gasteiger partial charge is 0.340 e. The molecule has 0 bridgehead atoms. The lowest BCUT2D eigenvalue weighted by Crippen LogP contribution is -2.40. The SMILES string of the molecule is Cc1nsc(N(C)C(=O)[C@H](C)N)c1C(=O)O. The molecule has 16 heavy (non-hydrogen) atoms. The number of carbonyl (C=O) groups excluding carboxylic acids is 1. The number of aromatic nitrogens is 1. The number of amides is 1. The zero-order valence-corrected chi connectivity index (χ0v) is 10.0. The molecule has 1 aromatic rings. The third-order valence-electron chi connectivity index (χ3n) is 2.08. The average Bonchev–Trinajstić information content (AvgIpc) is 2.57. The second kappa shape index (κ2) is 4.58. The normalized spacial score (nSPS) is 12.2. The fourth-order valence-corrected chi connectivity index (χ4v) is 2.09. The molecule has 1 amide bonds. The minimum atomic E-state index is -1.09. The molecule has 7 heteroatoms. The number of hydrogen-bond donors (Lipinski definition) is 2. The van der Waals surface area contributed by atoms with E-state index in [4.69, 9.17) is 10.8 Å². The van der Waals surface area contributed by atoms with E-state index in [1.165, 1.54) is 11.9 Å². The van der Waals surface area contributed by atoms with Gasteiger partial charge in [-0.25, -0.2) is 4.79 Å². The van der Waals surface area contributed by atoms with E-state index in [9.17, 15) is 9.59 Å². The molecule has 1 rings (SSSR count). The number of carboxylic acid groups (broad SMARTS) is 1. The number of rotatable bonds is 3. The van der Waals surface area contributed by atoms with Crippen molar-refractivity contribution in [2.75, 3.05) is 11.9 Å². The molecule has 0 radical (unpaired) electrons. The summed E-state index contributed by atoms with van der Waals surface area (Å²) >= 11 is 0.977. The van der Waals surface area contributed by atoms with Crippen LogP contribution in [0.5, 0.6) is 0 Å². The second-order valence-electron chi connectivity index (χ2n) is 3.44. The van der Waals surface area contributed by atoms with Gasteiger partial charge in [-0.1, -0.05) is 0 Å². The van der Waals surface area contributed by atoms with E-state index >= 15 is 0 Å². The number of nitrogens with zero attached hydrogens (tertiary/aromatic N) is 2. The summed E-state index contributed by atoms with van der Waals surface area (Å²) in [5.41, 5.74) is 5.91. The van der Waals surface area contributed by atoms with Gasteiger partial charge >= 0.3 is 5.97 Å². The van der Waals surface area contributed by atoms with E-state index < -0.39 is 12.0 Å². The van der Waals surface area contributed by atoms with Gasteiger partial charge in [0.15, 0.2) is 0 Å². The number of hydrogen-bond acceptors (Lipinski definition) is 5. The van der Waals surface area contributed by atoms with Gasteiger partial charge in [0.25, 0.3) is 0 Å². The molecule has 0 saturated heterocycles. The second-order valence-corrected chi connectivity index (χ2v) is 4.19. The summed E-state index contributed by atoms with van der Waals surface area (Å²) in [4.78, 5) is 23.8. The van der Waals surface area contributed by atoms with Crippen molar-refractivity contribution in [2.24, 2.45) is 5.73 Å². The van der Waals surface area contributed by atoms with Crippen LogP contribution in [0.3, 0.4) is 0 Å². The fourth-order valence-electron chi connectivity index (χ4n) is 1.24. The van der Waals surface area contributed by atoms with Crippen LogP contribution in [0.1, 0.15) is 23.0 Å². The summed E-state index contributed by atoms with van der Waals surface area (Å²) < 4.78 is 3.93. The van der Waals surface area contributed by atoms with E-state index in [1.807, 2.05) is 0 Å². The van der Waals surface area contributed by atoms with Crippen molar-refractivity contribution < 1.29 is 14.7 Å². The molecule has 88 valence electrons. The Morgan fingerprint density at radius 3 is 2.56 bits per heavy atom. The van der Waals surface area contributed by atoms with E-state index in [0.717, 1.165) is 11.5 Å². The standard InChI is InChI=1S/C9H13N3O3S/c1-4(10)7(13)12(3)8-6(9(14)15)5(2)11-16-8/h4H,10H2,1-3H3,(H,14,15)/t4-/m0/s1. The number of carbonyl (C=O) groups is 2. The van der Waals surface area contributed by atoms with Crippen LogP contribution in [0.2, 0.25) is 0 Å². The number of likely N-dealkylation sites (N-methyl/N-ethyl adjacent to an activating group) is 1. The van der Waals surface area contributed by atoms with Gasteiger partial charge in [0, 0.05) is 7.05 Å². The summed E-state index contributed by atoms with van der Waals surface area (Å²) in [6.45, 7) is 3.14. The summed E-state index contributed by atoms with van der Waals surface area (Å²) in [7, 11) is 1.49. The van der Waals surface area contributed by atoms with E-state index in [1.54, 1.807) is 13.8 Å². The van der Waals surface area contributed by atoms with Crippen molar-refractivity contribution in [1.82, 2.24) is 4.37 Å². The van der Waals surface area contributed by atoms with Gasteiger partial charge in [0.05, 0.1) is 11.7 Å². The molecular weight excluding hydrogens is 230 g/mol. The predicted molar refractivity (Wildman–Crippen MR) is 60.9 cm³/mol. The highest BCUT2D eigenvalue weighted by Crippen LogP contribution is 2.27. The molecule has 0 saturated carbocycles. The molecule has 0 spiro atoms. The summed E-state index contributed by atoms with van der Waals surface area (Å²) in [6, 6.07) is -0.672. The van der Waals surface area contributed by atoms with Crippen LogP contribution in [0.15, 0.2) is 0 Å². The van der Waals surface area contributed by atoms with Crippen LogP contribution >= 0.6 is 11.5 Å². The van der Waals surface area contributed by atoms with Crippen LogP contribution in [-0.2, 0) is 4.79 Å². The minimum absolute atomic E-state index is 0.0569. The lowest BCUT2D eigenvalue weighted by Gasteiger charge is -2.17. The number of aromatic carboxylic acids is 1. The lowest BCUT2D eigenvalue weighted by molar-refractivity contribution is -0.119. The van der Waals surface area contributed by atoms with Crippen molar-refractivity contribution in [3.8, 4) is 0 Å². The zero-order valence-electron chi connectivity index (χ0n) is 9.22. The fraction of sp³-hybridized carbons (Fsp3) is 0.444. The van der Waals surface area contributed by atoms with Crippen molar-refractivity contribution >= 4 is 28.4 Å². The number of carboxylic acids is 1. The Balaban J connectivity index is 3.14. The Labute approximate surface area is 96.8 Å². The van der Waals surface area contributed by atoms with Crippen LogP contribution in [0.4, 0.5) is 5.00 Å².